The van der Waals surface area contributed by atoms with E-state index < -0.39 is 79.5 Å². The first kappa shape index (κ1) is 32.4. The molecule has 0 aromatic carbocycles. The van der Waals surface area contributed by atoms with Gasteiger partial charge in [0.05, 0.1) is 58.9 Å². The van der Waals surface area contributed by atoms with Gasteiger partial charge in [-0.05, 0) is 0 Å². The molecular formula is C18H26N2O17S2. The fourth-order valence-corrected chi connectivity index (χ4v) is 4.58. The van der Waals surface area contributed by atoms with Crippen molar-refractivity contribution in [3.63, 3.8) is 0 Å². The minimum atomic E-state index is -4.83. The zero-order valence-electron chi connectivity index (χ0n) is 20.1. The first-order valence-electron chi connectivity index (χ1n) is 11.1. The van der Waals surface area contributed by atoms with E-state index in [1.807, 2.05) is 0 Å². The molecule has 222 valence electrons. The average molecular weight is 607 g/mol. The smallest absolute Gasteiger partial charge is 0.335 e. The Balaban J connectivity index is 1.48. The molecule has 21 heteroatoms. The number of ether oxygens (including phenoxy) is 3. The van der Waals surface area contributed by atoms with Crippen molar-refractivity contribution in [2.75, 3.05) is 39.6 Å². The molecule has 3 atom stereocenters. The van der Waals surface area contributed by atoms with E-state index in [1.165, 1.54) is 0 Å². The van der Waals surface area contributed by atoms with Crippen LogP contribution in [0.5, 0.6) is 0 Å². The molecule has 2 aliphatic rings. The van der Waals surface area contributed by atoms with E-state index in [1.54, 1.807) is 0 Å². The van der Waals surface area contributed by atoms with Crippen molar-refractivity contribution in [2.45, 2.75) is 42.4 Å². The molecule has 0 aliphatic carbocycles. The van der Waals surface area contributed by atoms with Crippen molar-refractivity contribution in [1.29, 1.82) is 0 Å². The van der Waals surface area contributed by atoms with Gasteiger partial charge in [-0.2, -0.15) is 16.8 Å². The maximum Gasteiger partial charge on any atom is 0.335 e. The number of amides is 3. The highest BCUT2D eigenvalue weighted by molar-refractivity contribution is 7.87. The summed E-state index contributed by atoms with van der Waals surface area (Å²) < 4.78 is 77.5. The first-order chi connectivity index (χ1) is 18.1. The highest BCUT2D eigenvalue weighted by Crippen LogP contribution is 2.23. The molecule has 2 heterocycles. The molecule has 0 bridgehead atoms. The Morgan fingerprint density at radius 1 is 0.744 bits per heavy atom. The quantitative estimate of drug-likeness (QED) is 0.0875. The van der Waals surface area contributed by atoms with Crippen LogP contribution in [0.25, 0.3) is 0 Å². The van der Waals surface area contributed by atoms with Crippen LogP contribution in [0.3, 0.4) is 0 Å². The number of hydroxylamine groups is 4. The number of aliphatic hydroxyl groups is 1. The zero-order valence-corrected chi connectivity index (χ0v) is 21.7. The number of aliphatic hydroxyl groups excluding tert-OH is 1. The molecule has 0 aromatic rings. The van der Waals surface area contributed by atoms with Gasteiger partial charge in [0.2, 0.25) is 0 Å². The van der Waals surface area contributed by atoms with Crippen LogP contribution in [0.15, 0.2) is 0 Å². The maximum absolute atomic E-state index is 11.8. The fourth-order valence-electron chi connectivity index (χ4n) is 3.10. The number of rotatable bonds is 16. The van der Waals surface area contributed by atoms with Crippen molar-refractivity contribution in [3.05, 3.63) is 0 Å². The Hall–Kier alpha value is -2.79. The van der Waals surface area contributed by atoms with E-state index in [-0.39, 0.29) is 62.6 Å². The lowest BCUT2D eigenvalue weighted by atomic mass is 10.3. The molecule has 0 radical (unpaired) electrons. The number of hydrogen-bond donors (Lipinski definition) is 3. The minimum Gasteiger partial charge on any atom is -0.378 e. The molecule has 39 heavy (non-hydrogen) atoms. The molecule has 2 rings (SSSR count). The summed E-state index contributed by atoms with van der Waals surface area (Å²) in [7, 11) is -9.59. The summed E-state index contributed by atoms with van der Waals surface area (Å²) in [6, 6.07) is 0. The molecule has 0 aromatic heterocycles. The maximum atomic E-state index is 11.8. The summed E-state index contributed by atoms with van der Waals surface area (Å²) in [4.78, 5) is 67.8. The van der Waals surface area contributed by atoms with Crippen LogP contribution in [0.1, 0.15) is 25.7 Å². The minimum absolute atomic E-state index is 0.0158. The van der Waals surface area contributed by atoms with Gasteiger partial charge in [-0.1, -0.05) is 0 Å². The zero-order chi connectivity index (χ0) is 29.4. The Kier molecular flexibility index (Phi) is 11.7. The van der Waals surface area contributed by atoms with Crippen LogP contribution in [0, 0.1) is 0 Å². The fraction of sp³-hybridized carbons (Fsp3) is 0.722. The molecule has 19 nitrogen and oxygen atoms in total. The van der Waals surface area contributed by atoms with Crippen LogP contribution >= 0.6 is 0 Å². The van der Waals surface area contributed by atoms with E-state index in [4.69, 9.17) is 23.3 Å². The van der Waals surface area contributed by atoms with Crippen molar-refractivity contribution in [2.24, 2.45) is 0 Å². The van der Waals surface area contributed by atoms with Crippen LogP contribution < -0.4 is 0 Å². The summed E-state index contributed by atoms with van der Waals surface area (Å²) in [5.74, 6) is -5.81. The average Bonchev–Trinajstić information content (AvgIpc) is 3.27. The topological polar surface area (TPSA) is 267 Å². The summed E-state index contributed by atoms with van der Waals surface area (Å²) in [5, 5.41) is 5.85. The summed E-state index contributed by atoms with van der Waals surface area (Å²) in [5.41, 5.74) is 0. The number of carbonyl (C=O) groups excluding carboxylic acids is 5. The number of imide groups is 1. The number of carbonyl (C=O) groups is 5. The molecule has 3 amide bonds. The SMILES string of the molecule is O=C(CCOCCOCCOCCC(=O)ON1C(=O)C(S(=O)(=O)O)CC1O)ON1C(=O)CC(S(=O)(=O)O)C1=O. The Bertz CT molecular complexity index is 1150. The third kappa shape index (κ3) is 9.72. The lowest BCUT2D eigenvalue weighted by molar-refractivity contribution is -0.221. The molecule has 3 N–H and O–H groups in total. The van der Waals surface area contributed by atoms with E-state index in [9.17, 15) is 45.9 Å². The van der Waals surface area contributed by atoms with Gasteiger partial charge in [0.15, 0.2) is 16.7 Å². The van der Waals surface area contributed by atoms with Gasteiger partial charge in [-0.15, -0.1) is 10.1 Å². The molecule has 0 spiro atoms. The van der Waals surface area contributed by atoms with Crippen LogP contribution in [0.2, 0.25) is 0 Å². The van der Waals surface area contributed by atoms with E-state index >= 15 is 0 Å². The van der Waals surface area contributed by atoms with Gasteiger partial charge >= 0.3 is 11.9 Å². The number of hydrogen-bond acceptors (Lipinski definition) is 15. The van der Waals surface area contributed by atoms with Crippen LogP contribution in [0.4, 0.5) is 0 Å². The largest absolute Gasteiger partial charge is 0.378 e. The van der Waals surface area contributed by atoms with Crippen LogP contribution in [-0.2, 0) is 68.1 Å². The Morgan fingerprint density at radius 2 is 1.21 bits per heavy atom. The van der Waals surface area contributed by atoms with Crippen molar-refractivity contribution >= 4 is 49.9 Å². The molecule has 2 saturated heterocycles. The Morgan fingerprint density at radius 3 is 1.64 bits per heavy atom. The second-order valence-corrected chi connectivity index (χ2v) is 11.1. The van der Waals surface area contributed by atoms with E-state index in [0.717, 1.165) is 0 Å². The van der Waals surface area contributed by atoms with Gasteiger partial charge in [-0.25, -0.2) is 9.59 Å². The molecule has 2 aliphatic heterocycles. The van der Waals surface area contributed by atoms with Crippen molar-refractivity contribution < 1.29 is 78.9 Å². The Labute approximate surface area is 221 Å². The van der Waals surface area contributed by atoms with Crippen LogP contribution in [-0.4, -0.2) is 127 Å². The lowest BCUT2D eigenvalue weighted by Gasteiger charge is -2.18. The van der Waals surface area contributed by atoms with Gasteiger partial charge in [0.1, 0.15) is 0 Å². The normalized spacial score (nSPS) is 22.0. The predicted molar refractivity (Wildman–Crippen MR) is 118 cm³/mol. The second kappa shape index (κ2) is 14.0. The highest BCUT2D eigenvalue weighted by atomic mass is 32.2. The van der Waals surface area contributed by atoms with Gasteiger partial charge in [-0.3, -0.25) is 23.5 Å². The third-order valence-corrected chi connectivity index (χ3v) is 7.21. The van der Waals surface area contributed by atoms with Gasteiger partial charge in [0.25, 0.3) is 38.0 Å². The summed E-state index contributed by atoms with van der Waals surface area (Å²) >= 11 is 0. The lowest BCUT2D eigenvalue weighted by Crippen LogP contribution is -2.38. The standard InChI is InChI=1S/C18H26N2O17S2/c21-13-9-11(38(27,28)29)17(25)19(13)36-15(23)1-3-33-5-7-35-8-6-34-4-2-16(24)37-20-14(22)10-12(18(20)26)39(30,31)32/h11-13,21H,1-10H2,(H,27,28,29)(H,30,31,32). The van der Waals surface area contributed by atoms with E-state index in [2.05, 4.69) is 9.68 Å². The summed E-state index contributed by atoms with van der Waals surface area (Å²) in [6.45, 7) is -0.121. The monoisotopic (exact) mass is 606 g/mol. The third-order valence-electron chi connectivity index (χ3n) is 5.01. The van der Waals surface area contributed by atoms with Gasteiger partial charge < -0.3 is 29.0 Å². The second-order valence-electron chi connectivity index (χ2n) is 7.88. The van der Waals surface area contributed by atoms with Gasteiger partial charge in [0, 0.05) is 6.42 Å². The summed E-state index contributed by atoms with van der Waals surface area (Å²) in [6.07, 6.45) is -3.97. The number of nitrogens with zero attached hydrogens (tertiary/aromatic N) is 2. The molecule has 3 unspecified atom stereocenters. The van der Waals surface area contributed by atoms with Crippen molar-refractivity contribution in [1.82, 2.24) is 10.1 Å². The van der Waals surface area contributed by atoms with E-state index in [0.29, 0.717) is 0 Å². The predicted octanol–water partition coefficient (Wildman–Crippen LogP) is -3.44. The highest BCUT2D eigenvalue weighted by Gasteiger charge is 2.49. The first-order valence-corrected chi connectivity index (χ1v) is 14.1. The molecule has 0 saturated carbocycles. The molecular weight excluding hydrogens is 580 g/mol. The molecule has 2 fully saturated rings. The van der Waals surface area contributed by atoms with Crippen molar-refractivity contribution in [3.8, 4) is 0 Å².